The van der Waals surface area contributed by atoms with Crippen molar-refractivity contribution in [2.75, 3.05) is 6.61 Å². The Labute approximate surface area is 154 Å². The summed E-state index contributed by atoms with van der Waals surface area (Å²) in [4.78, 5) is 12.0. The zero-order valence-corrected chi connectivity index (χ0v) is 15.9. The van der Waals surface area contributed by atoms with E-state index < -0.39 is 0 Å². The minimum absolute atomic E-state index is 0.282. The van der Waals surface area contributed by atoms with Crippen LogP contribution in [-0.4, -0.2) is 6.61 Å². The van der Waals surface area contributed by atoms with E-state index in [1.165, 1.54) is 5.56 Å². The van der Waals surface area contributed by atoms with E-state index in [0.717, 1.165) is 57.1 Å². The van der Waals surface area contributed by atoms with Crippen LogP contribution in [0.4, 0.5) is 0 Å². The van der Waals surface area contributed by atoms with E-state index in [1.807, 2.05) is 12.1 Å². The fraction of sp³-hybridized carbons (Fsp3) is 0.286. The van der Waals surface area contributed by atoms with Gasteiger partial charge >= 0.3 is 5.63 Å². The lowest BCUT2D eigenvalue weighted by molar-refractivity contribution is 0.358. The molecule has 0 bridgehead atoms. The van der Waals surface area contributed by atoms with Crippen LogP contribution in [0.25, 0.3) is 22.1 Å². The fourth-order valence-corrected chi connectivity index (χ4v) is 4.22. The zero-order chi connectivity index (χ0) is 17.6. The average Bonchev–Trinajstić information content (AvgIpc) is 3.09. The van der Waals surface area contributed by atoms with E-state index in [4.69, 9.17) is 9.15 Å². The monoisotopic (exact) mass is 398 g/mol. The van der Waals surface area contributed by atoms with Crippen molar-refractivity contribution in [2.24, 2.45) is 0 Å². The topological polar surface area (TPSA) is 39.4 Å². The van der Waals surface area contributed by atoms with Gasteiger partial charge in [0, 0.05) is 33.5 Å². The molecule has 4 rings (SSSR count). The second-order valence-corrected chi connectivity index (χ2v) is 7.19. The lowest BCUT2D eigenvalue weighted by Gasteiger charge is -2.18. The molecule has 0 saturated heterocycles. The van der Waals surface area contributed by atoms with Crippen molar-refractivity contribution in [3.63, 3.8) is 0 Å². The molecular weight excluding hydrogens is 380 g/mol. The van der Waals surface area contributed by atoms with Crippen molar-refractivity contribution in [3.05, 3.63) is 61.9 Å². The molecule has 0 fully saturated rings. The van der Waals surface area contributed by atoms with Crippen LogP contribution in [0.2, 0.25) is 0 Å². The first kappa shape index (κ1) is 16.4. The molecule has 0 amide bonds. The SMILES string of the molecule is CCc1cc(=O)oc2c3c(c(-c4cccc(Br)c4)c(CC)c12)OCC3. The van der Waals surface area contributed by atoms with Crippen molar-refractivity contribution < 1.29 is 9.15 Å². The highest BCUT2D eigenvalue weighted by atomic mass is 79.9. The molecule has 0 atom stereocenters. The number of rotatable bonds is 3. The van der Waals surface area contributed by atoms with Crippen LogP contribution in [0.5, 0.6) is 5.75 Å². The van der Waals surface area contributed by atoms with Crippen LogP contribution in [0.15, 0.2) is 44.0 Å². The number of benzene rings is 2. The Morgan fingerprint density at radius 1 is 1.16 bits per heavy atom. The lowest BCUT2D eigenvalue weighted by atomic mass is 9.88. The van der Waals surface area contributed by atoms with Crippen LogP contribution < -0.4 is 10.4 Å². The van der Waals surface area contributed by atoms with Crippen LogP contribution in [0, 0.1) is 0 Å². The van der Waals surface area contributed by atoms with Crippen molar-refractivity contribution in [1.82, 2.24) is 0 Å². The Morgan fingerprint density at radius 3 is 2.72 bits per heavy atom. The summed E-state index contributed by atoms with van der Waals surface area (Å²) in [6.07, 6.45) is 2.41. The average molecular weight is 399 g/mol. The second-order valence-electron chi connectivity index (χ2n) is 6.27. The third-order valence-electron chi connectivity index (χ3n) is 4.87. The molecule has 1 aromatic heterocycles. The van der Waals surface area contributed by atoms with E-state index in [1.54, 1.807) is 6.07 Å². The first-order chi connectivity index (χ1) is 12.1. The Bertz CT molecular complexity index is 1030. The predicted octanol–water partition coefficient (Wildman–Crippen LogP) is 5.28. The van der Waals surface area contributed by atoms with Gasteiger partial charge in [-0.2, -0.15) is 0 Å². The van der Waals surface area contributed by atoms with E-state index in [0.29, 0.717) is 12.2 Å². The predicted molar refractivity (Wildman–Crippen MR) is 104 cm³/mol. The summed E-state index contributed by atoms with van der Waals surface area (Å²) < 4.78 is 12.7. The maximum Gasteiger partial charge on any atom is 0.336 e. The summed E-state index contributed by atoms with van der Waals surface area (Å²) in [6.45, 7) is 4.84. The van der Waals surface area contributed by atoms with Gasteiger partial charge in [-0.05, 0) is 41.7 Å². The smallest absolute Gasteiger partial charge is 0.336 e. The molecule has 1 aliphatic rings. The molecule has 0 saturated carbocycles. The van der Waals surface area contributed by atoms with E-state index in [-0.39, 0.29) is 5.63 Å². The van der Waals surface area contributed by atoms with Gasteiger partial charge in [0.15, 0.2) is 0 Å². The van der Waals surface area contributed by atoms with E-state index >= 15 is 0 Å². The molecule has 2 aromatic carbocycles. The van der Waals surface area contributed by atoms with Gasteiger partial charge in [0.05, 0.1) is 6.61 Å². The first-order valence-electron chi connectivity index (χ1n) is 8.67. The maximum atomic E-state index is 12.0. The van der Waals surface area contributed by atoms with Crippen molar-refractivity contribution >= 4 is 26.9 Å². The highest BCUT2D eigenvalue weighted by Gasteiger charge is 2.27. The number of fused-ring (bicyclic) bond motifs is 3. The van der Waals surface area contributed by atoms with Crippen LogP contribution >= 0.6 is 15.9 Å². The third-order valence-corrected chi connectivity index (χ3v) is 5.36. The fourth-order valence-electron chi connectivity index (χ4n) is 3.82. The van der Waals surface area contributed by atoms with Gasteiger partial charge in [-0.1, -0.05) is 41.9 Å². The van der Waals surface area contributed by atoms with Gasteiger partial charge in [-0.3, -0.25) is 0 Å². The van der Waals surface area contributed by atoms with Gasteiger partial charge in [0.25, 0.3) is 0 Å². The Hall–Kier alpha value is -2.07. The summed E-state index contributed by atoms with van der Waals surface area (Å²) in [5.41, 5.74) is 5.95. The lowest BCUT2D eigenvalue weighted by Crippen LogP contribution is -2.05. The molecule has 4 heteroatoms. The molecule has 0 radical (unpaired) electrons. The van der Waals surface area contributed by atoms with Crippen molar-refractivity contribution in [2.45, 2.75) is 33.1 Å². The minimum atomic E-state index is -0.282. The highest BCUT2D eigenvalue weighted by molar-refractivity contribution is 9.10. The summed E-state index contributed by atoms with van der Waals surface area (Å²) in [5, 5.41) is 1.09. The van der Waals surface area contributed by atoms with Crippen LogP contribution in [0.3, 0.4) is 0 Å². The van der Waals surface area contributed by atoms with E-state index in [2.05, 4.69) is 41.9 Å². The highest BCUT2D eigenvalue weighted by Crippen LogP contribution is 2.46. The van der Waals surface area contributed by atoms with Gasteiger partial charge < -0.3 is 9.15 Å². The summed E-state index contributed by atoms with van der Waals surface area (Å²) in [7, 11) is 0. The number of aryl methyl sites for hydroxylation is 2. The molecule has 25 heavy (non-hydrogen) atoms. The van der Waals surface area contributed by atoms with E-state index in [9.17, 15) is 4.79 Å². The summed E-state index contributed by atoms with van der Waals surface area (Å²) in [5.74, 6) is 0.874. The molecule has 3 nitrogen and oxygen atoms in total. The molecule has 1 aliphatic heterocycles. The van der Waals surface area contributed by atoms with Gasteiger partial charge in [-0.25, -0.2) is 4.79 Å². The van der Waals surface area contributed by atoms with Gasteiger partial charge in [0.2, 0.25) is 0 Å². The number of ether oxygens (including phenoxy) is 1. The summed E-state index contributed by atoms with van der Waals surface area (Å²) >= 11 is 3.57. The molecule has 0 unspecified atom stereocenters. The number of hydrogen-bond acceptors (Lipinski definition) is 3. The molecule has 0 N–H and O–H groups in total. The standard InChI is InChI=1S/C21H19BrO3/c1-3-12-11-17(23)25-21-16-8-9-24-20(16)19(15(4-2)18(12)21)13-6-5-7-14(22)10-13/h5-7,10-11H,3-4,8-9H2,1-2H3. The first-order valence-corrected chi connectivity index (χ1v) is 9.46. The van der Waals surface area contributed by atoms with Gasteiger partial charge in [-0.15, -0.1) is 0 Å². The molecule has 3 aromatic rings. The molecular formula is C21H19BrO3. The molecule has 128 valence electrons. The second kappa shape index (κ2) is 6.34. The van der Waals surface area contributed by atoms with Crippen LogP contribution in [-0.2, 0) is 19.3 Å². The molecule has 2 heterocycles. The summed E-state index contributed by atoms with van der Waals surface area (Å²) in [6, 6.07) is 9.92. The van der Waals surface area contributed by atoms with Gasteiger partial charge in [0.1, 0.15) is 11.3 Å². The quantitative estimate of drug-likeness (QED) is 0.563. The van der Waals surface area contributed by atoms with Crippen molar-refractivity contribution in [1.29, 1.82) is 0 Å². The van der Waals surface area contributed by atoms with Crippen molar-refractivity contribution in [3.8, 4) is 16.9 Å². The Kier molecular flexibility index (Phi) is 4.16. The Morgan fingerprint density at radius 2 is 2.00 bits per heavy atom. The Balaban J connectivity index is 2.20. The largest absolute Gasteiger partial charge is 0.492 e. The zero-order valence-electron chi connectivity index (χ0n) is 14.3. The molecule has 0 spiro atoms. The van der Waals surface area contributed by atoms with Crippen LogP contribution in [0.1, 0.15) is 30.5 Å². The molecule has 0 aliphatic carbocycles. The third kappa shape index (κ3) is 2.60. The minimum Gasteiger partial charge on any atom is -0.492 e. The maximum absolute atomic E-state index is 12.0. The number of hydrogen-bond donors (Lipinski definition) is 0. The normalized spacial score (nSPS) is 13.1. The number of halogens is 1.